The van der Waals surface area contributed by atoms with Crippen molar-refractivity contribution in [1.29, 1.82) is 0 Å². The van der Waals surface area contributed by atoms with Crippen molar-refractivity contribution in [3.05, 3.63) is 52.1 Å². The minimum absolute atomic E-state index is 0.0184. The molecule has 9 aliphatic rings. The number of piperazine rings is 1. The van der Waals surface area contributed by atoms with Crippen LogP contribution in [0.3, 0.4) is 0 Å². The second-order valence-corrected chi connectivity index (χ2v) is 26.2. The van der Waals surface area contributed by atoms with Crippen LogP contribution in [0.1, 0.15) is 115 Å². The van der Waals surface area contributed by atoms with E-state index in [0.717, 1.165) is 100 Å². The quantitative estimate of drug-likeness (QED) is 0.130. The number of pyridine rings is 1. The highest BCUT2D eigenvalue weighted by Crippen LogP contribution is 2.48. The lowest BCUT2D eigenvalue weighted by atomic mass is 9.73. The van der Waals surface area contributed by atoms with Crippen LogP contribution in [0.25, 0.3) is 33.4 Å². The highest BCUT2D eigenvalue weighted by atomic mass is 32.1. The third-order valence-electron chi connectivity index (χ3n) is 18.8. The number of carbonyl (C=O) groups is 3. The Morgan fingerprint density at radius 3 is 2.44 bits per heavy atom. The molecule has 9 heterocycles. The molecule has 0 radical (unpaired) electrons. The van der Waals surface area contributed by atoms with Gasteiger partial charge in [0.1, 0.15) is 17.1 Å². The Morgan fingerprint density at radius 1 is 0.974 bits per heavy atom. The first-order valence-electron chi connectivity index (χ1n) is 28.7. The average Bonchev–Trinajstić information content (AvgIpc) is 4.30. The van der Waals surface area contributed by atoms with E-state index in [-0.39, 0.29) is 78.0 Å². The second kappa shape index (κ2) is 20.9. The average molecular weight is 1080 g/mol. The maximum Gasteiger partial charge on any atom is 0.325 e. The summed E-state index contributed by atoms with van der Waals surface area (Å²) in [5.74, 6) is -0.505. The van der Waals surface area contributed by atoms with Crippen molar-refractivity contribution in [2.24, 2.45) is 29.1 Å². The number of rotatable bonds is 13. The van der Waals surface area contributed by atoms with Gasteiger partial charge in [-0.15, -0.1) is 11.3 Å². The normalized spacial score (nSPS) is 31.1. The SMILES string of the molecule is COC1CN([C@@H]2c3nc(cs3)-c3ccc4c(c3)c(c(-c3cc(N5CCN(C6CC6)CC5)cnc3[C@H](C)OC)n4CCO[C@H]3CCOC(C)(C)C3)CC(C)(C)COC(=O)[C@H]3NN(C(=O)[C@H]2NC(=O)C2[C@@H](C)[C@H]2C)C2CC3C2)C1. The first-order valence-corrected chi connectivity index (χ1v) is 29.6. The molecule has 3 aromatic heterocycles. The van der Waals surface area contributed by atoms with Gasteiger partial charge in [-0.3, -0.25) is 34.2 Å². The number of benzene rings is 1. The molecule has 416 valence electrons. The van der Waals surface area contributed by atoms with Crippen molar-refractivity contribution in [2.45, 2.75) is 154 Å². The fourth-order valence-corrected chi connectivity index (χ4v) is 14.6. The van der Waals surface area contributed by atoms with Crippen molar-refractivity contribution < 1.29 is 38.1 Å². The summed E-state index contributed by atoms with van der Waals surface area (Å²) in [7, 11) is 3.46. The molecular weight excluding hydrogens is 995 g/mol. The number of cyclic esters (lactones) is 1. The fraction of sp³-hybridized carbons (Fsp3) is 0.678. The summed E-state index contributed by atoms with van der Waals surface area (Å²) in [6.45, 7) is 21.8. The number of thiazole rings is 1. The number of methoxy groups -OCH3 is 2. The second-order valence-electron chi connectivity index (χ2n) is 25.3. The summed E-state index contributed by atoms with van der Waals surface area (Å²) >= 11 is 1.52. The van der Waals surface area contributed by atoms with Crippen LogP contribution in [0.5, 0.6) is 0 Å². The van der Waals surface area contributed by atoms with E-state index in [1.165, 1.54) is 24.2 Å². The van der Waals surface area contributed by atoms with Gasteiger partial charge in [0.05, 0.1) is 72.1 Å². The lowest BCUT2D eigenvalue weighted by molar-refractivity contribution is -0.172. The Hall–Kier alpha value is -4.53. The van der Waals surface area contributed by atoms with E-state index in [1.54, 1.807) is 19.2 Å². The molecule has 13 rings (SSSR count). The number of nitrogens with zero attached hydrogens (tertiary/aromatic N) is 7. The van der Waals surface area contributed by atoms with Crippen molar-refractivity contribution in [1.82, 2.24) is 40.1 Å². The molecular formula is C59H81N9O8S. The van der Waals surface area contributed by atoms with E-state index in [2.05, 4.69) is 108 Å². The molecule has 1 unspecified atom stereocenters. The molecule has 17 nitrogen and oxygen atoms in total. The fourth-order valence-electron chi connectivity index (χ4n) is 13.6. The predicted octanol–water partition coefficient (Wildman–Crippen LogP) is 7.17. The molecule has 3 saturated carbocycles. The largest absolute Gasteiger partial charge is 0.464 e. The highest BCUT2D eigenvalue weighted by molar-refractivity contribution is 7.10. The van der Waals surface area contributed by atoms with Gasteiger partial charge in [0.25, 0.3) is 5.91 Å². The van der Waals surface area contributed by atoms with Gasteiger partial charge in [0.15, 0.2) is 0 Å². The summed E-state index contributed by atoms with van der Waals surface area (Å²) < 4.78 is 33.8. The smallest absolute Gasteiger partial charge is 0.325 e. The molecule has 0 spiro atoms. The van der Waals surface area contributed by atoms with E-state index >= 15 is 4.79 Å². The van der Waals surface area contributed by atoms with Crippen LogP contribution in [0.2, 0.25) is 0 Å². The van der Waals surface area contributed by atoms with Gasteiger partial charge >= 0.3 is 5.97 Å². The van der Waals surface area contributed by atoms with Crippen LogP contribution in [0.15, 0.2) is 35.8 Å². The van der Waals surface area contributed by atoms with Crippen molar-refractivity contribution in [2.75, 3.05) is 78.2 Å². The third kappa shape index (κ3) is 10.4. The number of amides is 2. The first-order chi connectivity index (χ1) is 37.0. The van der Waals surface area contributed by atoms with Crippen LogP contribution in [0.4, 0.5) is 5.69 Å². The minimum Gasteiger partial charge on any atom is -0.464 e. The number of fused-ring (bicyclic) bond motifs is 4. The number of esters is 1. The maximum atomic E-state index is 15.4. The minimum atomic E-state index is -0.978. The molecule has 2 amide bonds. The summed E-state index contributed by atoms with van der Waals surface area (Å²) in [6.07, 6.45) is 7.94. The number of hydrogen-bond acceptors (Lipinski definition) is 15. The number of nitrogens with one attached hydrogen (secondary N) is 2. The van der Waals surface area contributed by atoms with E-state index in [4.69, 9.17) is 33.7 Å². The lowest BCUT2D eigenvalue weighted by Gasteiger charge is -2.54. The van der Waals surface area contributed by atoms with Crippen LogP contribution in [-0.4, -0.2) is 162 Å². The van der Waals surface area contributed by atoms with Gasteiger partial charge in [-0.25, -0.2) is 10.4 Å². The van der Waals surface area contributed by atoms with Crippen LogP contribution in [-0.2, 0) is 51.0 Å². The summed E-state index contributed by atoms with van der Waals surface area (Å²) in [6, 6.07) is 7.34. The number of hydrogen-bond donors (Lipinski definition) is 2. The molecule has 18 heteroatoms. The van der Waals surface area contributed by atoms with Crippen molar-refractivity contribution >= 4 is 45.7 Å². The summed E-state index contributed by atoms with van der Waals surface area (Å²) in [4.78, 5) is 62.3. The van der Waals surface area contributed by atoms with Gasteiger partial charge < -0.3 is 38.5 Å². The van der Waals surface area contributed by atoms with Gasteiger partial charge in [0.2, 0.25) is 5.91 Å². The lowest BCUT2D eigenvalue weighted by Crippen LogP contribution is -2.72. The van der Waals surface area contributed by atoms with Crippen LogP contribution in [0, 0.1) is 29.1 Å². The molecule has 3 aliphatic carbocycles. The summed E-state index contributed by atoms with van der Waals surface area (Å²) in [5, 5.41) is 8.85. The maximum absolute atomic E-state index is 15.4. The van der Waals surface area contributed by atoms with Crippen LogP contribution >= 0.6 is 11.3 Å². The molecule has 8 bridgehead atoms. The topological polar surface area (TPSA) is 165 Å². The number of ether oxygens (including phenoxy) is 5. The molecule has 1 aromatic carbocycles. The molecule has 77 heavy (non-hydrogen) atoms. The predicted molar refractivity (Wildman–Crippen MR) is 295 cm³/mol. The molecule has 5 saturated heterocycles. The van der Waals surface area contributed by atoms with E-state index in [1.807, 2.05) is 6.20 Å². The molecule has 2 N–H and O–H groups in total. The van der Waals surface area contributed by atoms with Gasteiger partial charge in [-0.2, -0.15) is 0 Å². The zero-order chi connectivity index (χ0) is 53.7. The molecule has 6 aliphatic heterocycles. The van der Waals surface area contributed by atoms with Gasteiger partial charge in [-0.1, -0.05) is 33.8 Å². The Kier molecular flexibility index (Phi) is 14.4. The van der Waals surface area contributed by atoms with Crippen LogP contribution < -0.4 is 15.6 Å². The van der Waals surface area contributed by atoms with E-state index < -0.39 is 23.5 Å². The Bertz CT molecular complexity index is 2860. The van der Waals surface area contributed by atoms with Gasteiger partial charge in [-0.05, 0) is 101 Å². The number of carbonyl (C=O) groups excluding carboxylic acids is 3. The number of hydrazine groups is 1. The van der Waals surface area contributed by atoms with Gasteiger partial charge in [0, 0.05) is 124 Å². The number of likely N-dealkylation sites (tertiary alicyclic amines) is 1. The zero-order valence-electron chi connectivity index (χ0n) is 46.7. The summed E-state index contributed by atoms with van der Waals surface area (Å²) in [5.41, 5.74) is 10.5. The Morgan fingerprint density at radius 2 is 1.74 bits per heavy atom. The van der Waals surface area contributed by atoms with Crippen molar-refractivity contribution in [3.8, 4) is 22.5 Å². The number of aromatic nitrogens is 3. The zero-order valence-corrected chi connectivity index (χ0v) is 47.5. The molecule has 8 fully saturated rings. The Balaban J connectivity index is 1.01. The Labute approximate surface area is 458 Å². The monoisotopic (exact) mass is 1080 g/mol. The van der Waals surface area contributed by atoms with E-state index in [9.17, 15) is 9.59 Å². The standard InChI is InChI=1S/C59H81N9O8S/c1-33-34(2)48(33)54(69)62-51-53(66-29-42(30-66)73-9)55-61-46(31-77-55)36-10-13-47-43(24-36)45(27-58(4,5)32-75-57(71)50-37-22-39(23-37)68(63-50)56(51)70)52(67(47)19-21-74-41-14-20-76-59(6,7)26-41)44-25-40(28-60-49(44)35(3)72-8)65-17-15-64(16-18-65)38-11-12-38/h10,13,24-25,28,31,33-35,37-39,41-42,48,50-51,53,63H,11-12,14-23,26-27,29-30,32H2,1-9H3,(H,62,69)/t33-,34+,35-,37?,39?,41-,48?,50-,51-,53-/m0/s1. The first kappa shape index (κ1) is 53.1. The molecule has 8 atom stereocenters. The molecule has 4 aromatic rings. The van der Waals surface area contributed by atoms with E-state index in [0.29, 0.717) is 52.1 Å². The highest BCUT2D eigenvalue weighted by Gasteiger charge is 2.55. The third-order valence-corrected chi connectivity index (χ3v) is 19.7. The van der Waals surface area contributed by atoms with Crippen molar-refractivity contribution in [3.63, 3.8) is 0 Å². The number of anilines is 1.